The van der Waals surface area contributed by atoms with Crippen LogP contribution < -0.4 is 16.0 Å². The number of fused-ring (bicyclic) bond motifs is 1. The highest BCUT2D eigenvalue weighted by Gasteiger charge is 2.68. The summed E-state index contributed by atoms with van der Waals surface area (Å²) in [5.41, 5.74) is -1.24. The molecule has 2 aliphatic rings. The van der Waals surface area contributed by atoms with Gasteiger partial charge in [-0.25, -0.2) is 18.0 Å². The Balaban J connectivity index is 1.51. The van der Waals surface area contributed by atoms with Gasteiger partial charge < -0.3 is 40.0 Å². The van der Waals surface area contributed by atoms with E-state index in [0.29, 0.717) is 18.7 Å². The third-order valence-electron chi connectivity index (χ3n) is 10.5. The Morgan fingerprint density at radius 3 is 2.13 bits per heavy atom. The van der Waals surface area contributed by atoms with Crippen molar-refractivity contribution in [2.75, 3.05) is 31.6 Å². The van der Waals surface area contributed by atoms with Crippen molar-refractivity contribution in [1.29, 1.82) is 0 Å². The minimum Gasteiger partial charge on any atom is -0.444 e. The van der Waals surface area contributed by atoms with Crippen molar-refractivity contribution in [1.82, 2.24) is 14.9 Å². The van der Waals surface area contributed by atoms with Gasteiger partial charge in [-0.2, -0.15) is 4.31 Å². The van der Waals surface area contributed by atoms with Crippen molar-refractivity contribution in [3.8, 4) is 0 Å². The van der Waals surface area contributed by atoms with Gasteiger partial charge in [0.1, 0.15) is 17.2 Å². The number of hydrogen-bond donors (Lipinski definition) is 4. The minimum atomic E-state index is -4.17. The summed E-state index contributed by atoms with van der Waals surface area (Å²) in [4.78, 5) is 39.1. The molecule has 4 N–H and O–H groups in total. The highest BCUT2D eigenvalue weighted by molar-refractivity contribution is 7.89. The fourth-order valence-electron chi connectivity index (χ4n) is 6.96. The summed E-state index contributed by atoms with van der Waals surface area (Å²) in [6.07, 6.45) is -2.00. The molecule has 2 aromatic rings. The van der Waals surface area contributed by atoms with Gasteiger partial charge in [0.2, 0.25) is 15.9 Å². The SMILES string of the molecule is CC(C)CN(C[C@@H](O)[C@H](Cc1ccccc1)NC(=O)O[C@@]1(C)CO[C@@]2(C)OCC[C@]21C)S(=O)(=O)c1ccc(NC(=O)[C@H](NC(=O)OC(C)(C)C)C(C)C)cc1. The van der Waals surface area contributed by atoms with Crippen LogP contribution in [0.4, 0.5) is 15.3 Å². The van der Waals surface area contributed by atoms with E-state index in [1.165, 1.54) is 28.6 Å². The van der Waals surface area contributed by atoms with Crippen molar-refractivity contribution in [3.63, 3.8) is 0 Å². The van der Waals surface area contributed by atoms with Crippen LogP contribution in [0.15, 0.2) is 59.5 Å². The number of anilines is 1. The number of amides is 3. The predicted molar refractivity (Wildman–Crippen MR) is 208 cm³/mol. The first-order valence-corrected chi connectivity index (χ1v) is 20.3. The lowest BCUT2D eigenvalue weighted by atomic mass is 9.70. The van der Waals surface area contributed by atoms with Gasteiger partial charge >= 0.3 is 12.2 Å². The fourth-order valence-corrected chi connectivity index (χ4v) is 8.58. The van der Waals surface area contributed by atoms with Gasteiger partial charge in [0.15, 0.2) is 5.79 Å². The molecule has 0 aliphatic carbocycles. The van der Waals surface area contributed by atoms with Crippen LogP contribution in [0, 0.1) is 17.3 Å². The first-order valence-electron chi connectivity index (χ1n) is 18.9. The molecule has 15 heteroatoms. The van der Waals surface area contributed by atoms with E-state index in [1.807, 2.05) is 65.0 Å². The Morgan fingerprint density at radius 1 is 0.909 bits per heavy atom. The molecule has 3 amide bonds. The number of hydrogen-bond acceptors (Lipinski definition) is 10. The number of rotatable bonds is 15. The average Bonchev–Trinajstić information content (AvgIpc) is 3.49. The predicted octanol–water partition coefficient (Wildman–Crippen LogP) is 5.45. The van der Waals surface area contributed by atoms with Crippen molar-refractivity contribution in [2.24, 2.45) is 17.3 Å². The van der Waals surface area contributed by atoms with Gasteiger partial charge in [-0.15, -0.1) is 0 Å². The Hall–Kier alpha value is -3.76. The average molecular weight is 789 g/mol. The molecule has 55 heavy (non-hydrogen) atoms. The van der Waals surface area contributed by atoms with Gasteiger partial charge in [0, 0.05) is 18.8 Å². The smallest absolute Gasteiger partial charge is 0.408 e. The summed E-state index contributed by atoms with van der Waals surface area (Å²) in [6, 6.07) is 13.1. The molecule has 14 nitrogen and oxygen atoms in total. The highest BCUT2D eigenvalue weighted by Crippen LogP contribution is 2.57. The summed E-state index contributed by atoms with van der Waals surface area (Å²) in [5.74, 6) is -1.78. The van der Waals surface area contributed by atoms with E-state index in [1.54, 1.807) is 34.6 Å². The monoisotopic (exact) mass is 788 g/mol. The van der Waals surface area contributed by atoms with Crippen LogP contribution in [0.25, 0.3) is 0 Å². The van der Waals surface area contributed by atoms with Crippen molar-refractivity contribution in [3.05, 3.63) is 60.2 Å². The number of carbonyl (C=O) groups is 3. The van der Waals surface area contributed by atoms with E-state index in [0.717, 1.165) is 5.56 Å². The van der Waals surface area contributed by atoms with Gasteiger partial charge in [-0.05, 0) is 89.1 Å². The first kappa shape index (κ1) is 44.0. The largest absolute Gasteiger partial charge is 0.444 e. The zero-order valence-electron chi connectivity index (χ0n) is 33.8. The second kappa shape index (κ2) is 17.2. The molecule has 0 aromatic heterocycles. The molecule has 0 radical (unpaired) electrons. The number of aliphatic hydroxyl groups excluding tert-OH is 1. The van der Waals surface area contributed by atoms with E-state index in [-0.39, 0.29) is 42.8 Å². The van der Waals surface area contributed by atoms with E-state index in [9.17, 15) is 27.9 Å². The number of sulfonamides is 1. The quantitative estimate of drug-likeness (QED) is 0.181. The molecule has 2 fully saturated rings. The molecular formula is C40H60N4O10S. The Labute approximate surface area is 326 Å². The summed E-state index contributed by atoms with van der Waals surface area (Å²) in [7, 11) is -4.17. The summed E-state index contributed by atoms with van der Waals surface area (Å²) in [5, 5.41) is 19.9. The number of ether oxygens (including phenoxy) is 4. The summed E-state index contributed by atoms with van der Waals surface area (Å²) >= 11 is 0. The first-order chi connectivity index (χ1) is 25.5. The molecule has 2 aliphatic heterocycles. The fraction of sp³-hybridized carbons (Fsp3) is 0.625. The van der Waals surface area contributed by atoms with Crippen molar-refractivity contribution in [2.45, 2.75) is 122 Å². The molecule has 0 bridgehead atoms. The Kier molecular flexibility index (Phi) is 13.7. The summed E-state index contributed by atoms with van der Waals surface area (Å²) in [6.45, 7) is 18.4. The topological polar surface area (TPSA) is 182 Å². The molecule has 2 saturated heterocycles. The molecule has 2 heterocycles. The standard InChI is InChI=1S/C40H60N4O10S/c1-26(2)23-44(55(49,50)30-18-16-29(17-19-30)41-34(46)33(27(3)4)43-36(48)53-37(5,6)7)24-32(45)31(22-28-14-12-11-13-15-28)42-35(47)54-39(9)25-52-40(10)38(39,8)20-21-51-40/h11-19,26-27,31-33,45H,20-25H2,1-10H3,(H,41,46)(H,42,47)(H,43,48)/t31-,32+,33+,38-,39-,40+/m0/s1. The van der Waals surface area contributed by atoms with E-state index in [2.05, 4.69) is 16.0 Å². The van der Waals surface area contributed by atoms with Crippen molar-refractivity contribution >= 4 is 33.8 Å². The molecule has 306 valence electrons. The number of carbonyl (C=O) groups excluding carboxylic acids is 3. The van der Waals surface area contributed by atoms with Crippen LogP contribution in [0.3, 0.4) is 0 Å². The van der Waals surface area contributed by atoms with Crippen LogP contribution in [0.1, 0.15) is 81.2 Å². The van der Waals surface area contributed by atoms with Crippen LogP contribution in [-0.2, 0) is 40.2 Å². The number of aliphatic hydroxyl groups is 1. The Bertz CT molecular complexity index is 1750. The molecule has 0 unspecified atom stereocenters. The zero-order chi connectivity index (χ0) is 41.0. The number of benzene rings is 2. The second-order valence-electron chi connectivity index (χ2n) is 16.9. The lowest BCUT2D eigenvalue weighted by Crippen LogP contribution is -2.55. The lowest BCUT2D eigenvalue weighted by Gasteiger charge is -2.40. The van der Waals surface area contributed by atoms with Crippen LogP contribution in [0.2, 0.25) is 0 Å². The van der Waals surface area contributed by atoms with E-state index < -0.39 is 68.7 Å². The number of nitrogens with one attached hydrogen (secondary N) is 3. The molecule has 0 saturated carbocycles. The molecule has 4 rings (SSSR count). The zero-order valence-corrected chi connectivity index (χ0v) is 34.6. The highest BCUT2D eigenvalue weighted by atomic mass is 32.2. The number of alkyl carbamates (subject to hydrolysis) is 2. The normalized spacial score (nSPS) is 24.3. The van der Waals surface area contributed by atoms with E-state index in [4.69, 9.17) is 18.9 Å². The number of nitrogens with zero attached hydrogens (tertiary/aromatic N) is 1. The van der Waals surface area contributed by atoms with Crippen LogP contribution in [-0.4, -0.2) is 97.4 Å². The van der Waals surface area contributed by atoms with Crippen LogP contribution in [0.5, 0.6) is 0 Å². The molecular weight excluding hydrogens is 729 g/mol. The molecule has 6 atom stereocenters. The van der Waals surface area contributed by atoms with Gasteiger partial charge in [-0.1, -0.05) is 65.0 Å². The Morgan fingerprint density at radius 2 is 1.55 bits per heavy atom. The van der Waals surface area contributed by atoms with Crippen molar-refractivity contribution < 1.29 is 46.9 Å². The second-order valence-corrected chi connectivity index (χ2v) is 18.8. The third-order valence-corrected chi connectivity index (χ3v) is 12.3. The molecule has 2 aromatic carbocycles. The lowest BCUT2D eigenvalue weighted by molar-refractivity contribution is -0.203. The van der Waals surface area contributed by atoms with Gasteiger partial charge in [-0.3, -0.25) is 4.79 Å². The maximum absolute atomic E-state index is 14.1. The van der Waals surface area contributed by atoms with Gasteiger partial charge in [0.05, 0.1) is 35.7 Å². The maximum atomic E-state index is 14.1. The molecule has 0 spiro atoms. The maximum Gasteiger partial charge on any atom is 0.408 e. The summed E-state index contributed by atoms with van der Waals surface area (Å²) < 4.78 is 52.7. The van der Waals surface area contributed by atoms with Gasteiger partial charge in [0.25, 0.3) is 0 Å². The van der Waals surface area contributed by atoms with E-state index >= 15 is 0 Å². The van der Waals surface area contributed by atoms with Crippen LogP contribution >= 0.6 is 0 Å². The minimum absolute atomic E-state index is 0.0538. The third kappa shape index (κ3) is 10.6.